The Labute approximate surface area is 220 Å². The van der Waals surface area contributed by atoms with E-state index in [0.29, 0.717) is 32.3 Å². The highest BCUT2D eigenvalue weighted by atomic mass is 19.1. The van der Waals surface area contributed by atoms with Crippen LogP contribution in [0.3, 0.4) is 0 Å². The third-order valence-corrected chi connectivity index (χ3v) is 6.80. The molecule has 0 aromatic heterocycles. The van der Waals surface area contributed by atoms with E-state index < -0.39 is 5.60 Å². The van der Waals surface area contributed by atoms with Crippen LogP contribution in [0.2, 0.25) is 0 Å². The molecular formula is C30H40FN3O3. The van der Waals surface area contributed by atoms with E-state index in [1.165, 1.54) is 6.07 Å². The summed E-state index contributed by atoms with van der Waals surface area (Å²) in [6, 6.07) is 13.3. The van der Waals surface area contributed by atoms with Gasteiger partial charge in [0.25, 0.3) is 0 Å². The SMILES string of the molecule is C=C(NCc1ccc(OC2CC2)cc1)N(Cc1ccc(F)cc1C)C1CCN(C(=O)OC(C)(C)C)CC1. The average molecular weight is 510 g/mol. The smallest absolute Gasteiger partial charge is 0.410 e. The Morgan fingerprint density at radius 2 is 1.78 bits per heavy atom. The molecule has 1 saturated heterocycles. The molecular weight excluding hydrogens is 469 g/mol. The topological polar surface area (TPSA) is 54.0 Å². The van der Waals surface area contributed by atoms with Crippen molar-refractivity contribution < 1.29 is 18.7 Å². The summed E-state index contributed by atoms with van der Waals surface area (Å²) in [5.74, 6) is 1.50. The van der Waals surface area contributed by atoms with Gasteiger partial charge in [0.1, 0.15) is 17.2 Å². The number of hydrogen-bond donors (Lipinski definition) is 1. The number of amides is 1. The van der Waals surface area contributed by atoms with Gasteiger partial charge in [-0.1, -0.05) is 24.8 Å². The first kappa shape index (κ1) is 26.8. The van der Waals surface area contributed by atoms with E-state index in [9.17, 15) is 9.18 Å². The van der Waals surface area contributed by atoms with Crippen LogP contribution in [0.5, 0.6) is 5.75 Å². The number of benzene rings is 2. The van der Waals surface area contributed by atoms with Gasteiger partial charge in [0.15, 0.2) is 0 Å². The van der Waals surface area contributed by atoms with Gasteiger partial charge in [-0.05, 0) is 94.3 Å². The zero-order valence-electron chi connectivity index (χ0n) is 22.6. The van der Waals surface area contributed by atoms with Gasteiger partial charge >= 0.3 is 6.09 Å². The Hall–Kier alpha value is -3.22. The minimum Gasteiger partial charge on any atom is -0.490 e. The van der Waals surface area contributed by atoms with Crippen LogP contribution in [0.1, 0.15) is 63.1 Å². The molecule has 0 unspecified atom stereocenters. The molecule has 1 saturated carbocycles. The fraction of sp³-hybridized carbons (Fsp3) is 0.500. The number of piperidine rings is 1. The fourth-order valence-corrected chi connectivity index (χ4v) is 4.52. The molecule has 1 amide bonds. The predicted molar refractivity (Wildman–Crippen MR) is 144 cm³/mol. The van der Waals surface area contributed by atoms with Crippen molar-refractivity contribution >= 4 is 6.09 Å². The largest absolute Gasteiger partial charge is 0.490 e. The Morgan fingerprint density at radius 3 is 2.38 bits per heavy atom. The number of halogens is 1. The molecule has 1 heterocycles. The first-order valence-corrected chi connectivity index (χ1v) is 13.3. The summed E-state index contributed by atoms with van der Waals surface area (Å²) >= 11 is 0. The van der Waals surface area contributed by atoms with Crippen LogP contribution in [0, 0.1) is 12.7 Å². The van der Waals surface area contributed by atoms with Crippen LogP contribution in [-0.2, 0) is 17.8 Å². The summed E-state index contributed by atoms with van der Waals surface area (Å²) in [6.45, 7) is 14.4. The second-order valence-electron chi connectivity index (χ2n) is 11.2. The lowest BCUT2D eigenvalue weighted by Gasteiger charge is -2.41. The second-order valence-corrected chi connectivity index (χ2v) is 11.2. The molecule has 0 atom stereocenters. The molecule has 7 heteroatoms. The maximum Gasteiger partial charge on any atom is 0.410 e. The van der Waals surface area contributed by atoms with E-state index in [-0.39, 0.29) is 18.0 Å². The highest BCUT2D eigenvalue weighted by Gasteiger charge is 2.30. The molecule has 2 aliphatic rings. The van der Waals surface area contributed by atoms with Gasteiger partial charge in [-0.25, -0.2) is 9.18 Å². The molecule has 2 fully saturated rings. The Kier molecular flexibility index (Phi) is 8.30. The Balaban J connectivity index is 1.40. The van der Waals surface area contributed by atoms with Gasteiger partial charge in [-0.2, -0.15) is 0 Å². The number of nitrogens with zero attached hydrogens (tertiary/aromatic N) is 2. The summed E-state index contributed by atoms with van der Waals surface area (Å²) in [5.41, 5.74) is 2.60. The van der Waals surface area contributed by atoms with Crippen LogP contribution >= 0.6 is 0 Å². The molecule has 0 bridgehead atoms. The second kappa shape index (κ2) is 11.4. The lowest BCUT2D eigenvalue weighted by atomic mass is 10.0. The van der Waals surface area contributed by atoms with Crippen LogP contribution in [0.15, 0.2) is 54.9 Å². The van der Waals surface area contributed by atoms with Crippen molar-refractivity contribution in [2.24, 2.45) is 0 Å². The number of carbonyl (C=O) groups is 1. The van der Waals surface area contributed by atoms with E-state index in [2.05, 4.69) is 28.9 Å². The van der Waals surface area contributed by atoms with E-state index in [0.717, 1.165) is 53.9 Å². The van der Waals surface area contributed by atoms with Crippen LogP contribution in [0.25, 0.3) is 0 Å². The molecule has 2 aromatic rings. The number of ether oxygens (including phenoxy) is 2. The highest BCUT2D eigenvalue weighted by molar-refractivity contribution is 5.68. The van der Waals surface area contributed by atoms with Crippen LogP contribution in [0.4, 0.5) is 9.18 Å². The van der Waals surface area contributed by atoms with Crippen molar-refractivity contribution in [1.82, 2.24) is 15.1 Å². The zero-order chi connectivity index (χ0) is 26.6. The van der Waals surface area contributed by atoms with Crippen LogP contribution < -0.4 is 10.1 Å². The number of nitrogens with one attached hydrogen (secondary N) is 1. The summed E-state index contributed by atoms with van der Waals surface area (Å²) < 4.78 is 25.2. The van der Waals surface area contributed by atoms with Crippen molar-refractivity contribution in [3.8, 4) is 5.75 Å². The molecule has 1 aliphatic carbocycles. The Morgan fingerprint density at radius 1 is 1.11 bits per heavy atom. The van der Waals surface area contributed by atoms with E-state index in [1.807, 2.05) is 45.9 Å². The van der Waals surface area contributed by atoms with Gasteiger partial charge in [-0.3, -0.25) is 0 Å². The standard InChI is InChI=1S/C30H40FN3O3/c1-21-18-25(31)9-8-24(21)20-34(26-14-16-33(17-15-26)29(35)37-30(3,4)5)22(2)32-19-23-6-10-27(11-7-23)36-28-12-13-28/h6-11,18,26,28,32H,2,12-17,19-20H2,1,3-5H3. The molecule has 0 spiro atoms. The summed E-state index contributed by atoms with van der Waals surface area (Å²) in [7, 11) is 0. The maximum absolute atomic E-state index is 13.7. The van der Waals surface area contributed by atoms with Gasteiger partial charge in [-0.15, -0.1) is 0 Å². The predicted octanol–water partition coefficient (Wildman–Crippen LogP) is 6.14. The molecule has 4 rings (SSSR count). The summed E-state index contributed by atoms with van der Waals surface area (Å²) in [5, 5.41) is 3.50. The minimum atomic E-state index is -0.513. The van der Waals surface area contributed by atoms with Crippen LogP contribution in [-0.4, -0.2) is 46.7 Å². The van der Waals surface area contributed by atoms with Gasteiger partial charge in [0, 0.05) is 32.2 Å². The quantitative estimate of drug-likeness (QED) is 0.440. The number of carbonyl (C=O) groups excluding carboxylic acids is 1. The van der Waals surface area contributed by atoms with E-state index >= 15 is 0 Å². The van der Waals surface area contributed by atoms with Crippen molar-refractivity contribution in [3.05, 3.63) is 77.4 Å². The third-order valence-electron chi connectivity index (χ3n) is 6.80. The molecule has 37 heavy (non-hydrogen) atoms. The maximum atomic E-state index is 13.7. The highest BCUT2D eigenvalue weighted by Crippen LogP contribution is 2.27. The zero-order valence-corrected chi connectivity index (χ0v) is 22.6. The molecule has 6 nitrogen and oxygen atoms in total. The minimum absolute atomic E-state index is 0.192. The lowest BCUT2D eigenvalue weighted by molar-refractivity contribution is 0.0154. The van der Waals surface area contributed by atoms with Gasteiger partial charge in [0.05, 0.1) is 11.9 Å². The first-order chi connectivity index (χ1) is 17.6. The number of likely N-dealkylation sites (tertiary alicyclic amines) is 1. The molecule has 200 valence electrons. The van der Waals surface area contributed by atoms with Gasteiger partial charge < -0.3 is 24.6 Å². The summed E-state index contributed by atoms with van der Waals surface area (Å²) in [4.78, 5) is 16.6. The Bertz CT molecular complexity index is 1080. The van der Waals surface area contributed by atoms with E-state index in [4.69, 9.17) is 9.47 Å². The number of rotatable bonds is 9. The molecule has 1 aliphatic heterocycles. The monoisotopic (exact) mass is 509 g/mol. The number of hydrogen-bond acceptors (Lipinski definition) is 5. The lowest BCUT2D eigenvalue weighted by Crippen LogP contribution is -2.48. The average Bonchev–Trinajstić information content (AvgIpc) is 3.66. The number of aryl methyl sites for hydroxylation is 1. The normalized spacial score (nSPS) is 16.3. The van der Waals surface area contributed by atoms with Crippen molar-refractivity contribution in [3.63, 3.8) is 0 Å². The van der Waals surface area contributed by atoms with Crippen molar-refractivity contribution in [2.45, 2.75) is 84.2 Å². The van der Waals surface area contributed by atoms with Gasteiger partial charge in [0.2, 0.25) is 0 Å². The molecule has 0 radical (unpaired) electrons. The van der Waals surface area contributed by atoms with Crippen molar-refractivity contribution in [2.75, 3.05) is 13.1 Å². The molecule has 2 aromatic carbocycles. The summed E-state index contributed by atoms with van der Waals surface area (Å²) in [6.07, 6.45) is 4.00. The van der Waals surface area contributed by atoms with Crippen molar-refractivity contribution in [1.29, 1.82) is 0 Å². The van der Waals surface area contributed by atoms with E-state index in [1.54, 1.807) is 11.0 Å². The fourth-order valence-electron chi connectivity index (χ4n) is 4.52. The molecule has 1 N–H and O–H groups in total. The third kappa shape index (κ3) is 7.88. The first-order valence-electron chi connectivity index (χ1n) is 13.3.